The Hall–Kier alpha value is -1.23. The molecular formula is C16H13BrFNS. The zero-order chi connectivity index (χ0) is 14.1. The molecule has 1 N–H and O–H groups in total. The lowest BCUT2D eigenvalue weighted by Crippen LogP contribution is -2.18. The smallest absolute Gasteiger partial charge is 0.142 e. The molecule has 4 heteroatoms. The van der Waals surface area contributed by atoms with Crippen LogP contribution in [0.15, 0.2) is 52.3 Å². The van der Waals surface area contributed by atoms with Crippen molar-refractivity contribution in [2.24, 2.45) is 0 Å². The van der Waals surface area contributed by atoms with Crippen molar-refractivity contribution >= 4 is 37.4 Å². The third-order valence-electron chi connectivity index (χ3n) is 3.40. The second kappa shape index (κ2) is 5.64. The lowest BCUT2D eigenvalue weighted by Gasteiger charge is -2.17. The van der Waals surface area contributed by atoms with Gasteiger partial charge in [-0.2, -0.15) is 0 Å². The van der Waals surface area contributed by atoms with Gasteiger partial charge in [-0.25, -0.2) is 4.39 Å². The maximum Gasteiger partial charge on any atom is 0.142 e. The molecule has 3 aromatic rings. The molecule has 0 radical (unpaired) electrons. The molecule has 1 aromatic heterocycles. The standard InChI is InChI=1S/C16H13BrFNS/c1-19-16(11-6-4-7-13(17)15(11)18)12-9-20-14-8-3-2-5-10(12)14/h2-9,16,19H,1H3. The van der Waals surface area contributed by atoms with E-state index in [0.29, 0.717) is 10.0 Å². The number of hydrogen-bond acceptors (Lipinski definition) is 2. The highest BCUT2D eigenvalue weighted by Crippen LogP contribution is 2.35. The molecule has 20 heavy (non-hydrogen) atoms. The van der Waals surface area contributed by atoms with Crippen LogP contribution < -0.4 is 5.32 Å². The van der Waals surface area contributed by atoms with Crippen LogP contribution in [0.5, 0.6) is 0 Å². The van der Waals surface area contributed by atoms with Gasteiger partial charge in [0.1, 0.15) is 5.82 Å². The summed E-state index contributed by atoms with van der Waals surface area (Å²) >= 11 is 4.94. The topological polar surface area (TPSA) is 12.0 Å². The molecule has 0 aliphatic carbocycles. The number of benzene rings is 2. The molecule has 0 spiro atoms. The molecule has 2 aromatic carbocycles. The first-order chi connectivity index (χ1) is 9.72. The largest absolute Gasteiger partial charge is 0.309 e. The molecule has 102 valence electrons. The quantitative estimate of drug-likeness (QED) is 0.692. The van der Waals surface area contributed by atoms with E-state index in [4.69, 9.17) is 0 Å². The predicted octanol–water partition coefficient (Wildman–Crippen LogP) is 5.11. The number of hydrogen-bond donors (Lipinski definition) is 1. The summed E-state index contributed by atoms with van der Waals surface area (Å²) in [5.74, 6) is -0.206. The summed E-state index contributed by atoms with van der Waals surface area (Å²) in [5, 5.41) is 6.51. The van der Waals surface area contributed by atoms with E-state index in [1.54, 1.807) is 17.4 Å². The predicted molar refractivity (Wildman–Crippen MR) is 86.8 cm³/mol. The van der Waals surface area contributed by atoms with Gasteiger partial charge in [-0.3, -0.25) is 0 Å². The summed E-state index contributed by atoms with van der Waals surface area (Å²) in [6, 6.07) is 13.5. The number of rotatable bonds is 3. The number of thiophene rings is 1. The molecule has 1 atom stereocenters. The Morgan fingerprint density at radius 1 is 1.10 bits per heavy atom. The minimum atomic E-state index is -0.206. The van der Waals surface area contributed by atoms with Crippen molar-refractivity contribution in [3.63, 3.8) is 0 Å². The average molecular weight is 350 g/mol. The Bertz CT molecular complexity index is 753. The fourth-order valence-corrected chi connectivity index (χ4v) is 3.81. The summed E-state index contributed by atoms with van der Waals surface area (Å²) in [5.41, 5.74) is 1.77. The van der Waals surface area contributed by atoms with Crippen LogP contribution in [0.2, 0.25) is 0 Å². The van der Waals surface area contributed by atoms with Gasteiger partial charge in [0.25, 0.3) is 0 Å². The number of halogens is 2. The summed E-state index contributed by atoms with van der Waals surface area (Å²) < 4.78 is 16.1. The van der Waals surface area contributed by atoms with E-state index >= 15 is 0 Å². The van der Waals surface area contributed by atoms with Crippen LogP contribution in [0.3, 0.4) is 0 Å². The first-order valence-corrected chi connectivity index (χ1v) is 7.97. The van der Waals surface area contributed by atoms with Crippen LogP contribution in [0.4, 0.5) is 4.39 Å². The lowest BCUT2D eigenvalue weighted by atomic mass is 9.98. The van der Waals surface area contributed by atoms with Gasteiger partial charge in [-0.05, 0) is 51.4 Å². The summed E-state index contributed by atoms with van der Waals surface area (Å²) in [6.07, 6.45) is 0. The fraction of sp³-hybridized carbons (Fsp3) is 0.125. The van der Waals surface area contributed by atoms with Crippen molar-refractivity contribution < 1.29 is 4.39 Å². The summed E-state index contributed by atoms with van der Waals surface area (Å²) in [6.45, 7) is 0. The van der Waals surface area contributed by atoms with Gasteiger partial charge in [0.2, 0.25) is 0 Å². The van der Waals surface area contributed by atoms with Crippen LogP contribution in [0, 0.1) is 5.82 Å². The fourth-order valence-electron chi connectivity index (χ4n) is 2.44. The monoisotopic (exact) mass is 349 g/mol. The zero-order valence-corrected chi connectivity index (χ0v) is 13.3. The minimum absolute atomic E-state index is 0.149. The zero-order valence-electron chi connectivity index (χ0n) is 10.9. The van der Waals surface area contributed by atoms with E-state index < -0.39 is 0 Å². The molecule has 0 saturated heterocycles. The molecule has 0 aliphatic rings. The molecule has 0 bridgehead atoms. The van der Waals surface area contributed by atoms with Crippen LogP contribution in [-0.2, 0) is 0 Å². The molecule has 0 saturated carbocycles. The van der Waals surface area contributed by atoms with E-state index in [-0.39, 0.29) is 11.9 Å². The van der Waals surface area contributed by atoms with Gasteiger partial charge in [-0.1, -0.05) is 30.3 Å². The van der Waals surface area contributed by atoms with Crippen molar-refractivity contribution in [2.75, 3.05) is 7.05 Å². The molecule has 0 amide bonds. The molecule has 0 fully saturated rings. The van der Waals surface area contributed by atoms with E-state index in [9.17, 15) is 4.39 Å². The number of nitrogens with one attached hydrogen (secondary N) is 1. The molecule has 0 aliphatic heterocycles. The SMILES string of the molecule is CNC(c1cccc(Br)c1F)c1csc2ccccc12. The Balaban J connectivity index is 2.17. The maximum atomic E-state index is 14.3. The van der Waals surface area contributed by atoms with Crippen LogP contribution in [0.25, 0.3) is 10.1 Å². The van der Waals surface area contributed by atoms with Crippen LogP contribution in [0.1, 0.15) is 17.2 Å². The first kappa shape index (κ1) is 13.7. The van der Waals surface area contributed by atoms with Gasteiger partial charge in [0.15, 0.2) is 0 Å². The highest BCUT2D eigenvalue weighted by molar-refractivity contribution is 9.10. The highest BCUT2D eigenvalue weighted by Gasteiger charge is 2.20. The Morgan fingerprint density at radius 3 is 2.70 bits per heavy atom. The second-order valence-corrected chi connectivity index (χ2v) is 6.32. The first-order valence-electron chi connectivity index (χ1n) is 6.29. The van der Waals surface area contributed by atoms with Crippen molar-refractivity contribution in [1.82, 2.24) is 5.32 Å². The summed E-state index contributed by atoms with van der Waals surface area (Å²) in [4.78, 5) is 0. The molecule has 1 unspecified atom stereocenters. The lowest BCUT2D eigenvalue weighted by molar-refractivity contribution is 0.572. The molecule has 1 nitrogen and oxygen atoms in total. The van der Waals surface area contributed by atoms with Gasteiger partial charge in [0, 0.05) is 10.3 Å². The third kappa shape index (κ3) is 2.28. The Morgan fingerprint density at radius 2 is 1.90 bits per heavy atom. The van der Waals surface area contributed by atoms with E-state index in [2.05, 4.69) is 38.8 Å². The van der Waals surface area contributed by atoms with Gasteiger partial charge >= 0.3 is 0 Å². The third-order valence-corrected chi connectivity index (χ3v) is 5.00. The van der Waals surface area contributed by atoms with E-state index in [0.717, 1.165) is 5.56 Å². The van der Waals surface area contributed by atoms with Crippen molar-refractivity contribution in [3.05, 3.63) is 69.3 Å². The normalized spacial score (nSPS) is 12.8. The van der Waals surface area contributed by atoms with E-state index in [1.807, 2.05) is 31.3 Å². The maximum absolute atomic E-state index is 14.3. The average Bonchev–Trinajstić information content (AvgIpc) is 2.88. The summed E-state index contributed by atoms with van der Waals surface area (Å²) in [7, 11) is 1.86. The minimum Gasteiger partial charge on any atom is -0.309 e. The van der Waals surface area contributed by atoms with Crippen molar-refractivity contribution in [3.8, 4) is 0 Å². The Kier molecular flexibility index (Phi) is 3.87. The number of fused-ring (bicyclic) bond motifs is 1. The van der Waals surface area contributed by atoms with Gasteiger partial charge < -0.3 is 5.32 Å². The van der Waals surface area contributed by atoms with Crippen LogP contribution >= 0.6 is 27.3 Å². The van der Waals surface area contributed by atoms with Gasteiger partial charge in [0.05, 0.1) is 10.5 Å². The molecule has 1 heterocycles. The second-order valence-electron chi connectivity index (χ2n) is 4.55. The van der Waals surface area contributed by atoms with Crippen molar-refractivity contribution in [1.29, 1.82) is 0 Å². The van der Waals surface area contributed by atoms with Gasteiger partial charge in [-0.15, -0.1) is 11.3 Å². The van der Waals surface area contributed by atoms with Crippen molar-refractivity contribution in [2.45, 2.75) is 6.04 Å². The molecule has 3 rings (SSSR count). The molecular weight excluding hydrogens is 337 g/mol. The van der Waals surface area contributed by atoms with Crippen LogP contribution in [-0.4, -0.2) is 7.05 Å². The van der Waals surface area contributed by atoms with E-state index in [1.165, 1.54) is 10.1 Å². The Labute approximate surface area is 129 Å². The highest BCUT2D eigenvalue weighted by atomic mass is 79.9.